The molecule has 0 atom stereocenters. The molecule has 0 aliphatic rings. The molecule has 0 saturated carbocycles. The van der Waals surface area contributed by atoms with E-state index in [0.717, 1.165) is 17.1 Å². The molecule has 0 spiro atoms. The number of aromatic nitrogens is 3. The minimum atomic E-state index is -0.921. The maximum atomic E-state index is 10.8. The van der Waals surface area contributed by atoms with Gasteiger partial charge in [0.05, 0.1) is 11.3 Å². The molecule has 0 aliphatic carbocycles. The molecular weight excluding hydrogens is 206 g/mol. The topological polar surface area (TPSA) is 68.0 Å². The van der Waals surface area contributed by atoms with E-state index in [4.69, 9.17) is 5.11 Å². The largest absolute Gasteiger partial charge is 0.478 e. The molecule has 1 heterocycles. The number of aryl methyl sites for hydroxylation is 2. The van der Waals surface area contributed by atoms with Gasteiger partial charge in [-0.05, 0) is 37.6 Å². The molecular formula is C11H11N3O2. The van der Waals surface area contributed by atoms with Gasteiger partial charge in [-0.3, -0.25) is 4.57 Å². The number of rotatable bonds is 2. The highest BCUT2D eigenvalue weighted by molar-refractivity contribution is 5.88. The third-order valence-electron chi connectivity index (χ3n) is 2.42. The van der Waals surface area contributed by atoms with Crippen LogP contribution in [0.25, 0.3) is 5.69 Å². The first kappa shape index (κ1) is 10.4. The van der Waals surface area contributed by atoms with E-state index < -0.39 is 5.97 Å². The number of aromatic carboxylic acids is 1. The predicted molar refractivity (Wildman–Crippen MR) is 57.8 cm³/mol. The summed E-state index contributed by atoms with van der Waals surface area (Å²) < 4.78 is 1.82. The highest BCUT2D eigenvalue weighted by atomic mass is 16.4. The molecule has 0 unspecified atom stereocenters. The predicted octanol–water partition coefficient (Wildman–Crippen LogP) is 1.58. The maximum Gasteiger partial charge on any atom is 0.335 e. The summed E-state index contributed by atoms with van der Waals surface area (Å²) in [5.74, 6) is -0.152. The van der Waals surface area contributed by atoms with Crippen LogP contribution in [0, 0.1) is 13.8 Å². The molecule has 2 rings (SSSR count). The molecule has 0 saturated heterocycles. The summed E-state index contributed by atoms with van der Waals surface area (Å²) in [6.45, 7) is 3.71. The van der Waals surface area contributed by atoms with Gasteiger partial charge in [0.2, 0.25) is 0 Å². The van der Waals surface area contributed by atoms with Gasteiger partial charge < -0.3 is 5.11 Å². The zero-order valence-electron chi connectivity index (χ0n) is 9.01. The number of carboxylic acids is 1. The second-order valence-corrected chi connectivity index (χ2v) is 3.55. The fourth-order valence-corrected chi connectivity index (χ4v) is 1.59. The Hall–Kier alpha value is -2.17. The Labute approximate surface area is 92.4 Å². The summed E-state index contributed by atoms with van der Waals surface area (Å²) in [6, 6.07) is 4.97. The van der Waals surface area contributed by atoms with Crippen LogP contribution in [0.3, 0.4) is 0 Å². The van der Waals surface area contributed by atoms with Gasteiger partial charge in [-0.25, -0.2) is 4.79 Å². The molecule has 0 bridgehead atoms. The van der Waals surface area contributed by atoms with Crippen LogP contribution < -0.4 is 0 Å². The molecule has 16 heavy (non-hydrogen) atoms. The molecule has 82 valence electrons. The monoisotopic (exact) mass is 217 g/mol. The molecule has 0 radical (unpaired) electrons. The Kier molecular flexibility index (Phi) is 2.44. The molecule has 1 aromatic heterocycles. The van der Waals surface area contributed by atoms with E-state index >= 15 is 0 Å². The van der Waals surface area contributed by atoms with Gasteiger partial charge in [0, 0.05) is 0 Å². The zero-order chi connectivity index (χ0) is 11.7. The lowest BCUT2D eigenvalue weighted by molar-refractivity contribution is 0.0697. The fourth-order valence-electron chi connectivity index (χ4n) is 1.59. The molecule has 5 nitrogen and oxygen atoms in total. The standard InChI is InChI=1S/C11H11N3O2/c1-7-5-9(11(15)16)3-4-10(7)14-6-12-13-8(14)2/h3-6H,1-2H3,(H,15,16). The Morgan fingerprint density at radius 3 is 2.62 bits per heavy atom. The van der Waals surface area contributed by atoms with Crippen molar-refractivity contribution in [2.75, 3.05) is 0 Å². The number of hydrogen-bond donors (Lipinski definition) is 1. The summed E-state index contributed by atoms with van der Waals surface area (Å²) in [5.41, 5.74) is 2.06. The van der Waals surface area contributed by atoms with Crippen molar-refractivity contribution in [3.05, 3.63) is 41.5 Å². The van der Waals surface area contributed by atoms with Crippen molar-refractivity contribution in [2.45, 2.75) is 13.8 Å². The third kappa shape index (κ3) is 1.67. The molecule has 5 heteroatoms. The average molecular weight is 217 g/mol. The van der Waals surface area contributed by atoms with Crippen LogP contribution in [0.1, 0.15) is 21.7 Å². The molecule has 0 aliphatic heterocycles. The Bertz CT molecular complexity index is 546. The Balaban J connectivity index is 2.52. The SMILES string of the molecule is Cc1cc(C(=O)O)ccc1-n1cnnc1C. The lowest BCUT2D eigenvalue weighted by atomic mass is 10.1. The lowest BCUT2D eigenvalue weighted by Gasteiger charge is -2.08. The van der Waals surface area contributed by atoms with Crippen LogP contribution in [0.15, 0.2) is 24.5 Å². The van der Waals surface area contributed by atoms with Crippen molar-refractivity contribution in [3.8, 4) is 5.69 Å². The maximum absolute atomic E-state index is 10.8. The molecule has 0 amide bonds. The van der Waals surface area contributed by atoms with E-state index in [-0.39, 0.29) is 5.56 Å². The number of benzene rings is 1. The van der Waals surface area contributed by atoms with E-state index in [0.29, 0.717) is 0 Å². The van der Waals surface area contributed by atoms with Crippen LogP contribution in [-0.2, 0) is 0 Å². The minimum absolute atomic E-state index is 0.284. The second kappa shape index (κ2) is 3.77. The van der Waals surface area contributed by atoms with Crippen LogP contribution in [0.4, 0.5) is 0 Å². The van der Waals surface area contributed by atoms with Gasteiger partial charge in [0.25, 0.3) is 0 Å². The van der Waals surface area contributed by atoms with Crippen molar-refractivity contribution < 1.29 is 9.90 Å². The van der Waals surface area contributed by atoms with Crippen LogP contribution >= 0.6 is 0 Å². The van der Waals surface area contributed by atoms with Gasteiger partial charge >= 0.3 is 5.97 Å². The number of carboxylic acid groups (broad SMARTS) is 1. The Morgan fingerprint density at radius 2 is 2.12 bits per heavy atom. The number of nitrogens with zero attached hydrogens (tertiary/aromatic N) is 3. The first-order chi connectivity index (χ1) is 7.59. The third-order valence-corrected chi connectivity index (χ3v) is 2.42. The van der Waals surface area contributed by atoms with Gasteiger partial charge in [0.15, 0.2) is 0 Å². The molecule has 1 N–H and O–H groups in total. The first-order valence-corrected chi connectivity index (χ1v) is 4.80. The average Bonchev–Trinajstić information content (AvgIpc) is 2.64. The van der Waals surface area contributed by atoms with Gasteiger partial charge in [-0.2, -0.15) is 0 Å². The normalized spacial score (nSPS) is 10.4. The first-order valence-electron chi connectivity index (χ1n) is 4.80. The summed E-state index contributed by atoms with van der Waals surface area (Å²) in [4.78, 5) is 10.8. The Morgan fingerprint density at radius 1 is 1.38 bits per heavy atom. The van der Waals surface area contributed by atoms with Crippen LogP contribution in [-0.4, -0.2) is 25.8 Å². The lowest BCUT2D eigenvalue weighted by Crippen LogP contribution is -2.02. The van der Waals surface area contributed by atoms with Crippen molar-refractivity contribution in [3.63, 3.8) is 0 Å². The van der Waals surface area contributed by atoms with E-state index in [2.05, 4.69) is 10.2 Å². The summed E-state index contributed by atoms with van der Waals surface area (Å²) in [5, 5.41) is 16.5. The van der Waals surface area contributed by atoms with E-state index in [9.17, 15) is 4.79 Å². The minimum Gasteiger partial charge on any atom is -0.478 e. The van der Waals surface area contributed by atoms with Gasteiger partial charge in [-0.1, -0.05) is 0 Å². The summed E-state index contributed by atoms with van der Waals surface area (Å²) in [6.07, 6.45) is 1.61. The van der Waals surface area contributed by atoms with E-state index in [1.165, 1.54) is 0 Å². The van der Waals surface area contributed by atoms with E-state index in [1.54, 1.807) is 24.5 Å². The van der Waals surface area contributed by atoms with Crippen LogP contribution in [0.5, 0.6) is 0 Å². The van der Waals surface area contributed by atoms with Gasteiger partial charge in [-0.15, -0.1) is 10.2 Å². The van der Waals surface area contributed by atoms with Crippen LogP contribution in [0.2, 0.25) is 0 Å². The quantitative estimate of drug-likeness (QED) is 0.829. The zero-order valence-corrected chi connectivity index (χ0v) is 9.01. The number of carbonyl (C=O) groups is 1. The summed E-state index contributed by atoms with van der Waals surface area (Å²) >= 11 is 0. The van der Waals surface area contributed by atoms with Crippen molar-refractivity contribution in [1.82, 2.24) is 14.8 Å². The summed E-state index contributed by atoms with van der Waals surface area (Å²) in [7, 11) is 0. The van der Waals surface area contributed by atoms with Crippen molar-refractivity contribution >= 4 is 5.97 Å². The highest BCUT2D eigenvalue weighted by Crippen LogP contribution is 2.16. The second-order valence-electron chi connectivity index (χ2n) is 3.55. The van der Waals surface area contributed by atoms with Crippen molar-refractivity contribution in [2.24, 2.45) is 0 Å². The molecule has 0 fully saturated rings. The smallest absolute Gasteiger partial charge is 0.335 e. The molecule has 2 aromatic rings. The van der Waals surface area contributed by atoms with Gasteiger partial charge in [0.1, 0.15) is 12.2 Å². The number of hydrogen-bond acceptors (Lipinski definition) is 3. The molecule has 1 aromatic carbocycles. The van der Waals surface area contributed by atoms with E-state index in [1.807, 2.05) is 18.4 Å². The fraction of sp³-hybridized carbons (Fsp3) is 0.182. The van der Waals surface area contributed by atoms with Crippen molar-refractivity contribution in [1.29, 1.82) is 0 Å². The highest BCUT2D eigenvalue weighted by Gasteiger charge is 2.08.